The Morgan fingerprint density at radius 3 is 2.47 bits per heavy atom. The maximum atomic E-state index is 12.4. The number of rotatable bonds is 7. The highest BCUT2D eigenvalue weighted by atomic mass is 16.6. The van der Waals surface area contributed by atoms with Crippen molar-refractivity contribution in [2.75, 3.05) is 0 Å². The van der Waals surface area contributed by atoms with Crippen LogP contribution in [0.1, 0.15) is 11.1 Å². The van der Waals surface area contributed by atoms with Crippen LogP contribution in [0.5, 0.6) is 11.5 Å². The highest BCUT2D eigenvalue weighted by Crippen LogP contribution is 2.30. The largest absolute Gasteiger partial charge is 0.488 e. The molecule has 7 nitrogen and oxygen atoms in total. The molecule has 4 aromatic rings. The predicted molar refractivity (Wildman–Crippen MR) is 112 cm³/mol. The van der Waals surface area contributed by atoms with E-state index in [0.717, 1.165) is 22.0 Å². The molecule has 0 fully saturated rings. The number of nitrogens with zero attached hydrogens (tertiary/aromatic N) is 1. The third-order valence-electron chi connectivity index (χ3n) is 4.60. The van der Waals surface area contributed by atoms with Gasteiger partial charge in [0.25, 0.3) is 5.69 Å². The molecule has 0 amide bonds. The number of hydrogen-bond acceptors (Lipinski definition) is 5. The van der Waals surface area contributed by atoms with Gasteiger partial charge in [0.2, 0.25) is 0 Å². The average Bonchev–Trinajstić information content (AvgIpc) is 3.16. The van der Waals surface area contributed by atoms with Crippen molar-refractivity contribution in [2.24, 2.45) is 0 Å². The van der Waals surface area contributed by atoms with Crippen LogP contribution >= 0.6 is 0 Å². The highest BCUT2D eigenvalue weighted by molar-refractivity contribution is 5.92. The molecule has 0 spiro atoms. The molecule has 0 saturated heterocycles. The Bertz CT molecular complexity index is 1180. The van der Waals surface area contributed by atoms with Crippen LogP contribution in [0, 0.1) is 10.1 Å². The van der Waals surface area contributed by atoms with Crippen molar-refractivity contribution < 1.29 is 19.2 Å². The van der Waals surface area contributed by atoms with E-state index in [2.05, 4.69) is 4.98 Å². The fourth-order valence-electron chi connectivity index (χ4n) is 3.17. The summed E-state index contributed by atoms with van der Waals surface area (Å²) in [5.74, 6) is 0.462. The zero-order valence-electron chi connectivity index (χ0n) is 15.9. The summed E-state index contributed by atoms with van der Waals surface area (Å²) >= 11 is 0. The third kappa shape index (κ3) is 4.30. The van der Waals surface area contributed by atoms with Crippen molar-refractivity contribution in [3.05, 3.63) is 100 Å². The van der Waals surface area contributed by atoms with E-state index < -0.39 is 10.9 Å². The van der Waals surface area contributed by atoms with Crippen LogP contribution in [0.4, 0.5) is 5.69 Å². The molecule has 1 heterocycles. The number of aromatic nitrogens is 1. The smallest absolute Gasteiger partial charge is 0.315 e. The van der Waals surface area contributed by atoms with Crippen LogP contribution in [0.2, 0.25) is 0 Å². The lowest BCUT2D eigenvalue weighted by Crippen LogP contribution is -2.11. The minimum absolute atomic E-state index is 0.0305. The summed E-state index contributed by atoms with van der Waals surface area (Å²) in [5, 5.41) is 11.6. The number of nitro benzene ring substituents is 1. The molecular weight excluding hydrogens is 384 g/mol. The second-order valence-electron chi connectivity index (χ2n) is 6.67. The average molecular weight is 402 g/mol. The summed E-state index contributed by atoms with van der Waals surface area (Å²) in [6.45, 7) is 0.414. The van der Waals surface area contributed by atoms with Crippen LogP contribution in [-0.4, -0.2) is 15.9 Å². The Labute approximate surface area is 172 Å². The molecule has 0 aliphatic heterocycles. The van der Waals surface area contributed by atoms with Crippen molar-refractivity contribution in [3.63, 3.8) is 0 Å². The van der Waals surface area contributed by atoms with E-state index in [9.17, 15) is 14.9 Å². The number of benzene rings is 3. The first kappa shape index (κ1) is 19.2. The third-order valence-corrected chi connectivity index (χ3v) is 4.60. The van der Waals surface area contributed by atoms with E-state index in [-0.39, 0.29) is 17.9 Å². The summed E-state index contributed by atoms with van der Waals surface area (Å²) in [5.41, 5.74) is 2.59. The lowest BCUT2D eigenvalue weighted by molar-refractivity contribution is -0.384. The van der Waals surface area contributed by atoms with Crippen LogP contribution in [0.25, 0.3) is 10.9 Å². The number of nitro groups is 1. The highest BCUT2D eigenvalue weighted by Gasteiger charge is 2.15. The van der Waals surface area contributed by atoms with Crippen molar-refractivity contribution in [3.8, 4) is 11.5 Å². The zero-order valence-corrected chi connectivity index (χ0v) is 15.9. The molecule has 3 aromatic carbocycles. The number of H-pyrrole nitrogens is 1. The predicted octanol–water partition coefficient (Wildman–Crippen LogP) is 4.80. The lowest BCUT2D eigenvalue weighted by atomic mass is 10.1. The van der Waals surface area contributed by atoms with Gasteiger partial charge in [-0.2, -0.15) is 0 Å². The van der Waals surface area contributed by atoms with Gasteiger partial charge in [0, 0.05) is 29.2 Å². The number of nitrogens with one attached hydrogen (secondary N) is 1. The SMILES string of the molecule is O=C(Cc1c[nH]c2cccc(OCc3ccccc3)c12)Oc1ccc([N+](=O)[O-])cc1. The normalized spacial score (nSPS) is 10.7. The van der Waals surface area contributed by atoms with Crippen LogP contribution in [0.3, 0.4) is 0 Å². The summed E-state index contributed by atoms with van der Waals surface area (Å²) in [7, 11) is 0. The van der Waals surface area contributed by atoms with Crippen LogP contribution < -0.4 is 9.47 Å². The van der Waals surface area contributed by atoms with Gasteiger partial charge in [-0.15, -0.1) is 0 Å². The molecule has 0 aliphatic rings. The summed E-state index contributed by atoms with van der Waals surface area (Å²) in [6.07, 6.45) is 1.79. The van der Waals surface area contributed by atoms with Crippen LogP contribution in [-0.2, 0) is 17.8 Å². The number of esters is 1. The fourth-order valence-corrected chi connectivity index (χ4v) is 3.17. The van der Waals surface area contributed by atoms with Crippen molar-refractivity contribution in [2.45, 2.75) is 13.0 Å². The van der Waals surface area contributed by atoms with Gasteiger partial charge in [-0.05, 0) is 35.4 Å². The van der Waals surface area contributed by atoms with Gasteiger partial charge in [0.1, 0.15) is 18.1 Å². The summed E-state index contributed by atoms with van der Waals surface area (Å²) in [4.78, 5) is 25.8. The molecule has 30 heavy (non-hydrogen) atoms. The molecule has 1 aromatic heterocycles. The fraction of sp³-hybridized carbons (Fsp3) is 0.0870. The zero-order chi connectivity index (χ0) is 20.9. The number of fused-ring (bicyclic) bond motifs is 1. The minimum atomic E-state index is -0.505. The van der Waals surface area contributed by atoms with Crippen molar-refractivity contribution in [1.82, 2.24) is 4.98 Å². The Hall–Kier alpha value is -4.13. The second-order valence-corrected chi connectivity index (χ2v) is 6.67. The number of aromatic amines is 1. The first-order valence-electron chi connectivity index (χ1n) is 9.31. The van der Waals surface area contributed by atoms with Crippen molar-refractivity contribution in [1.29, 1.82) is 0 Å². The van der Waals surface area contributed by atoms with Gasteiger partial charge in [-0.25, -0.2) is 0 Å². The monoisotopic (exact) mass is 402 g/mol. The van der Waals surface area contributed by atoms with Gasteiger partial charge >= 0.3 is 5.97 Å². The van der Waals surface area contributed by atoms with Crippen LogP contribution in [0.15, 0.2) is 79.0 Å². The number of non-ortho nitro benzene ring substituents is 1. The Morgan fingerprint density at radius 2 is 1.73 bits per heavy atom. The van der Waals surface area contributed by atoms with E-state index in [1.165, 1.54) is 24.3 Å². The molecule has 0 bridgehead atoms. The molecule has 0 saturated carbocycles. The van der Waals surface area contributed by atoms with Gasteiger partial charge in [-0.3, -0.25) is 14.9 Å². The number of ether oxygens (including phenoxy) is 2. The quantitative estimate of drug-likeness (QED) is 0.207. The topological polar surface area (TPSA) is 94.5 Å². The number of hydrogen-bond donors (Lipinski definition) is 1. The van der Waals surface area contributed by atoms with Gasteiger partial charge in [0.05, 0.1) is 11.3 Å². The molecule has 1 N–H and O–H groups in total. The molecule has 0 atom stereocenters. The first-order valence-corrected chi connectivity index (χ1v) is 9.31. The van der Waals surface area contributed by atoms with E-state index in [1.807, 2.05) is 48.5 Å². The van der Waals surface area contributed by atoms with E-state index in [4.69, 9.17) is 9.47 Å². The lowest BCUT2D eigenvalue weighted by Gasteiger charge is -2.09. The summed E-state index contributed by atoms with van der Waals surface area (Å²) < 4.78 is 11.3. The number of carbonyl (C=O) groups excluding carboxylic acids is 1. The molecule has 7 heteroatoms. The maximum absolute atomic E-state index is 12.4. The molecule has 0 aliphatic carbocycles. The Kier molecular flexibility index (Phi) is 5.43. The van der Waals surface area contributed by atoms with E-state index >= 15 is 0 Å². The molecule has 4 rings (SSSR count). The second kappa shape index (κ2) is 8.48. The standard InChI is InChI=1S/C23H18N2O5/c26-22(30-19-11-9-18(10-12-19)25(27)28)13-17-14-24-20-7-4-8-21(23(17)20)29-15-16-5-2-1-3-6-16/h1-12,14,24H,13,15H2. The van der Waals surface area contributed by atoms with Gasteiger partial charge in [0.15, 0.2) is 0 Å². The van der Waals surface area contributed by atoms with E-state index in [0.29, 0.717) is 12.4 Å². The van der Waals surface area contributed by atoms with Crippen molar-refractivity contribution >= 4 is 22.6 Å². The first-order chi connectivity index (χ1) is 14.6. The van der Waals surface area contributed by atoms with Gasteiger partial charge in [-0.1, -0.05) is 36.4 Å². The summed E-state index contributed by atoms with van der Waals surface area (Å²) in [6, 6.07) is 20.9. The molecule has 0 unspecified atom stereocenters. The minimum Gasteiger partial charge on any atom is -0.488 e. The van der Waals surface area contributed by atoms with E-state index in [1.54, 1.807) is 6.20 Å². The molecular formula is C23H18N2O5. The Balaban J connectivity index is 1.49. The molecule has 0 radical (unpaired) electrons. The van der Waals surface area contributed by atoms with Gasteiger partial charge < -0.3 is 14.5 Å². The molecule has 150 valence electrons. The number of carbonyl (C=O) groups is 1. The maximum Gasteiger partial charge on any atom is 0.315 e. The Morgan fingerprint density at radius 1 is 0.967 bits per heavy atom.